The van der Waals surface area contributed by atoms with E-state index in [9.17, 15) is 9.59 Å². The molecule has 0 aromatic heterocycles. The molecule has 0 saturated heterocycles. The number of esters is 1. The Morgan fingerprint density at radius 3 is 2.38 bits per heavy atom. The van der Waals surface area contributed by atoms with Crippen LogP contribution in [0.4, 0.5) is 0 Å². The van der Waals surface area contributed by atoms with Crippen molar-refractivity contribution in [2.75, 3.05) is 20.8 Å². The van der Waals surface area contributed by atoms with Gasteiger partial charge in [-0.1, -0.05) is 37.3 Å². The van der Waals surface area contributed by atoms with Gasteiger partial charge in [-0.2, -0.15) is 0 Å². The maximum absolute atomic E-state index is 11.9. The maximum atomic E-state index is 11.9. The predicted octanol–water partition coefficient (Wildman–Crippen LogP) is 1.99. The standard InChI is InChI=1S/C16H22O5/c1-12(14(17)9-16(18)20-3)15(19-2)11-21-10-13-7-5-4-6-8-13/h4-8,12,15H,9-11H2,1-3H3/t12-,15-/m1/s1. The molecule has 0 heterocycles. The van der Waals surface area contributed by atoms with Crippen LogP contribution in [0.1, 0.15) is 18.9 Å². The van der Waals surface area contributed by atoms with E-state index in [0.717, 1.165) is 5.56 Å². The van der Waals surface area contributed by atoms with Gasteiger partial charge in [0.15, 0.2) is 0 Å². The fourth-order valence-corrected chi connectivity index (χ4v) is 1.87. The fraction of sp³-hybridized carbons (Fsp3) is 0.500. The lowest BCUT2D eigenvalue weighted by Gasteiger charge is -2.21. The van der Waals surface area contributed by atoms with Gasteiger partial charge in [0.05, 0.1) is 26.4 Å². The minimum absolute atomic E-state index is 0.211. The summed E-state index contributed by atoms with van der Waals surface area (Å²) in [6.07, 6.45) is -0.623. The molecule has 1 aromatic rings. The van der Waals surface area contributed by atoms with Gasteiger partial charge < -0.3 is 14.2 Å². The molecule has 5 heteroatoms. The van der Waals surface area contributed by atoms with Crippen LogP contribution in [0, 0.1) is 5.92 Å². The smallest absolute Gasteiger partial charge is 0.313 e. The van der Waals surface area contributed by atoms with Gasteiger partial charge >= 0.3 is 5.97 Å². The number of carbonyl (C=O) groups excluding carboxylic acids is 2. The monoisotopic (exact) mass is 294 g/mol. The van der Waals surface area contributed by atoms with Crippen molar-refractivity contribution in [1.29, 1.82) is 0 Å². The highest BCUT2D eigenvalue weighted by Crippen LogP contribution is 2.12. The van der Waals surface area contributed by atoms with Gasteiger partial charge in [0, 0.05) is 13.0 Å². The van der Waals surface area contributed by atoms with E-state index in [4.69, 9.17) is 9.47 Å². The van der Waals surface area contributed by atoms with Crippen molar-refractivity contribution < 1.29 is 23.8 Å². The lowest BCUT2D eigenvalue weighted by molar-refractivity contribution is -0.145. The number of methoxy groups -OCH3 is 2. The Labute approximate surface area is 125 Å². The topological polar surface area (TPSA) is 61.8 Å². The summed E-state index contributed by atoms with van der Waals surface area (Å²) in [6.45, 7) is 2.48. The molecule has 116 valence electrons. The average Bonchev–Trinajstić information content (AvgIpc) is 2.51. The van der Waals surface area contributed by atoms with Crippen LogP contribution in [0.25, 0.3) is 0 Å². The van der Waals surface area contributed by atoms with E-state index in [1.165, 1.54) is 14.2 Å². The zero-order chi connectivity index (χ0) is 15.7. The van der Waals surface area contributed by atoms with Crippen LogP contribution < -0.4 is 0 Å². The second-order valence-electron chi connectivity index (χ2n) is 4.78. The van der Waals surface area contributed by atoms with E-state index >= 15 is 0 Å². The summed E-state index contributed by atoms with van der Waals surface area (Å²) in [5.74, 6) is -1.17. The molecule has 0 aliphatic rings. The van der Waals surface area contributed by atoms with Crippen molar-refractivity contribution in [1.82, 2.24) is 0 Å². The Bertz CT molecular complexity index is 443. The molecule has 0 N–H and O–H groups in total. The SMILES string of the molecule is COC(=O)CC(=O)[C@@H](C)[C@@H](COCc1ccccc1)OC. The maximum Gasteiger partial charge on any atom is 0.313 e. The van der Waals surface area contributed by atoms with E-state index in [-0.39, 0.29) is 18.3 Å². The number of benzene rings is 1. The number of carbonyl (C=O) groups is 2. The first-order valence-electron chi connectivity index (χ1n) is 6.82. The third kappa shape index (κ3) is 6.06. The van der Waals surface area contributed by atoms with Gasteiger partial charge in [0.25, 0.3) is 0 Å². The Morgan fingerprint density at radius 1 is 1.14 bits per heavy atom. The van der Waals surface area contributed by atoms with Crippen molar-refractivity contribution >= 4 is 11.8 Å². The van der Waals surface area contributed by atoms with Gasteiger partial charge in [-0.25, -0.2) is 0 Å². The van der Waals surface area contributed by atoms with E-state index in [0.29, 0.717) is 13.2 Å². The molecule has 0 radical (unpaired) electrons. The lowest BCUT2D eigenvalue weighted by atomic mass is 9.98. The summed E-state index contributed by atoms with van der Waals surface area (Å²) >= 11 is 0. The van der Waals surface area contributed by atoms with E-state index < -0.39 is 11.9 Å². The average molecular weight is 294 g/mol. The van der Waals surface area contributed by atoms with Crippen molar-refractivity contribution in [3.05, 3.63) is 35.9 Å². The third-order valence-electron chi connectivity index (χ3n) is 3.31. The zero-order valence-corrected chi connectivity index (χ0v) is 12.7. The summed E-state index contributed by atoms with van der Waals surface area (Å²) in [5, 5.41) is 0. The van der Waals surface area contributed by atoms with Crippen LogP contribution in [0.3, 0.4) is 0 Å². The van der Waals surface area contributed by atoms with Crippen molar-refractivity contribution in [3.8, 4) is 0 Å². The van der Waals surface area contributed by atoms with Crippen LogP contribution in [0.5, 0.6) is 0 Å². The van der Waals surface area contributed by atoms with Crippen LogP contribution in [0.15, 0.2) is 30.3 Å². The van der Waals surface area contributed by atoms with Crippen molar-refractivity contribution in [3.63, 3.8) is 0 Å². The Hall–Kier alpha value is -1.72. The third-order valence-corrected chi connectivity index (χ3v) is 3.31. The van der Waals surface area contributed by atoms with Gasteiger partial charge in [-0.3, -0.25) is 9.59 Å². The Balaban J connectivity index is 2.42. The molecule has 0 spiro atoms. The van der Waals surface area contributed by atoms with Gasteiger partial charge in [-0.15, -0.1) is 0 Å². The molecule has 5 nitrogen and oxygen atoms in total. The minimum Gasteiger partial charge on any atom is -0.469 e. The molecule has 0 aliphatic carbocycles. The van der Waals surface area contributed by atoms with Crippen molar-refractivity contribution in [2.45, 2.75) is 26.1 Å². The summed E-state index contributed by atoms with van der Waals surface area (Å²) in [6, 6.07) is 9.75. The summed E-state index contributed by atoms with van der Waals surface area (Å²) < 4.78 is 15.4. The van der Waals surface area contributed by atoms with Crippen LogP contribution >= 0.6 is 0 Å². The number of Topliss-reactive ketones (excluding diaryl/α,β-unsaturated/α-hetero) is 1. The number of hydrogen-bond donors (Lipinski definition) is 0. The van der Waals surface area contributed by atoms with Crippen LogP contribution in [-0.2, 0) is 30.4 Å². The summed E-state index contributed by atoms with van der Waals surface area (Å²) in [5.41, 5.74) is 1.06. The molecule has 0 unspecified atom stereocenters. The molecule has 0 saturated carbocycles. The van der Waals surface area contributed by atoms with Crippen LogP contribution in [0.2, 0.25) is 0 Å². The number of ether oxygens (including phenoxy) is 3. The van der Waals surface area contributed by atoms with Gasteiger partial charge in [-0.05, 0) is 5.56 Å². The van der Waals surface area contributed by atoms with E-state index in [2.05, 4.69) is 4.74 Å². The lowest BCUT2D eigenvalue weighted by Crippen LogP contribution is -2.33. The number of ketones is 1. The highest BCUT2D eigenvalue weighted by atomic mass is 16.5. The zero-order valence-electron chi connectivity index (χ0n) is 12.7. The molecule has 2 atom stereocenters. The van der Waals surface area contributed by atoms with Crippen LogP contribution in [-0.4, -0.2) is 38.7 Å². The quantitative estimate of drug-likeness (QED) is 0.515. The molecule has 21 heavy (non-hydrogen) atoms. The molecular formula is C16H22O5. The molecule has 0 amide bonds. The Kier molecular flexibility index (Phi) is 7.64. The highest BCUT2D eigenvalue weighted by Gasteiger charge is 2.25. The molecule has 1 rings (SSSR count). The highest BCUT2D eigenvalue weighted by molar-refractivity contribution is 5.96. The second-order valence-corrected chi connectivity index (χ2v) is 4.78. The predicted molar refractivity (Wildman–Crippen MR) is 77.7 cm³/mol. The summed E-state index contributed by atoms with van der Waals surface area (Å²) in [4.78, 5) is 23.0. The second kappa shape index (κ2) is 9.26. The first-order chi connectivity index (χ1) is 10.1. The first kappa shape index (κ1) is 17.3. The van der Waals surface area contributed by atoms with Gasteiger partial charge in [0.1, 0.15) is 12.2 Å². The van der Waals surface area contributed by atoms with E-state index in [1.807, 2.05) is 30.3 Å². The normalized spacial score (nSPS) is 13.5. The number of hydrogen-bond acceptors (Lipinski definition) is 5. The number of rotatable bonds is 9. The van der Waals surface area contributed by atoms with Gasteiger partial charge in [0.2, 0.25) is 0 Å². The fourth-order valence-electron chi connectivity index (χ4n) is 1.87. The van der Waals surface area contributed by atoms with Crippen molar-refractivity contribution in [2.24, 2.45) is 5.92 Å². The molecule has 0 aliphatic heterocycles. The molecule has 0 fully saturated rings. The molecule has 1 aromatic carbocycles. The largest absolute Gasteiger partial charge is 0.469 e. The Morgan fingerprint density at radius 2 is 1.81 bits per heavy atom. The summed E-state index contributed by atoms with van der Waals surface area (Å²) in [7, 11) is 2.79. The first-order valence-corrected chi connectivity index (χ1v) is 6.82. The van der Waals surface area contributed by atoms with E-state index in [1.54, 1.807) is 6.92 Å². The molecule has 0 bridgehead atoms. The minimum atomic E-state index is -0.535. The molecular weight excluding hydrogens is 272 g/mol.